The Labute approximate surface area is 259 Å². The van der Waals surface area contributed by atoms with Gasteiger partial charge in [0.1, 0.15) is 4.90 Å². The molecule has 42 heavy (non-hydrogen) atoms. The summed E-state index contributed by atoms with van der Waals surface area (Å²) in [5.41, 5.74) is 1.04. The number of anilines is 2. The van der Waals surface area contributed by atoms with Crippen LogP contribution < -0.4 is 14.8 Å². The fraction of sp³-hybridized carbons (Fsp3) is 0.0741. The van der Waals surface area contributed by atoms with E-state index in [0.717, 1.165) is 16.3 Å². The molecule has 0 spiro atoms. The molecule has 1 heterocycles. The molecule has 15 heteroatoms. The molecule has 0 saturated carbocycles. The van der Waals surface area contributed by atoms with Gasteiger partial charge in [0.15, 0.2) is 0 Å². The van der Waals surface area contributed by atoms with Crippen molar-refractivity contribution in [1.82, 2.24) is 0 Å². The van der Waals surface area contributed by atoms with Crippen molar-refractivity contribution in [2.75, 3.05) is 24.3 Å². The van der Waals surface area contributed by atoms with Crippen LogP contribution in [0.25, 0.3) is 4.72 Å². The topological polar surface area (TPSA) is 131 Å². The molecule has 1 aromatic heterocycles. The second-order valence-corrected chi connectivity index (χ2v) is 13.4. The fourth-order valence-electron chi connectivity index (χ4n) is 3.53. The first-order chi connectivity index (χ1) is 19.8. The van der Waals surface area contributed by atoms with Gasteiger partial charge in [0.25, 0.3) is 31.9 Å². The zero-order chi connectivity index (χ0) is 30.7. The second-order valence-electron chi connectivity index (χ2n) is 8.86. The molecule has 218 valence electrons. The van der Waals surface area contributed by atoms with Crippen LogP contribution in [0.1, 0.15) is 10.4 Å². The van der Waals surface area contributed by atoms with Crippen molar-refractivity contribution in [3.63, 3.8) is 0 Å². The third kappa shape index (κ3) is 7.41. The number of carbonyl (C=O) groups excluding carboxylic acids is 1. The Balaban J connectivity index is 1.80. The van der Waals surface area contributed by atoms with Gasteiger partial charge in [-0.25, -0.2) is 0 Å². The molecule has 0 bridgehead atoms. The van der Waals surface area contributed by atoms with Gasteiger partial charge in [0.05, 0.1) is 15.5 Å². The molecule has 0 aliphatic rings. The molecule has 0 aliphatic heterocycles. The number of halogens is 2. The summed E-state index contributed by atoms with van der Waals surface area (Å²) in [4.78, 5) is 13.9. The number of aromatic nitrogens is 1. The summed E-state index contributed by atoms with van der Waals surface area (Å²) >= 11 is 16.4. The fourth-order valence-corrected chi connectivity index (χ4v) is 6.54. The molecule has 0 radical (unpaired) electrons. The van der Waals surface area contributed by atoms with E-state index in [-0.39, 0.29) is 20.4 Å². The Morgan fingerprint density at radius 1 is 0.929 bits per heavy atom. The highest BCUT2D eigenvalue weighted by atomic mass is 35.5. The average molecular weight is 665 g/mol. The minimum atomic E-state index is -4.71. The van der Waals surface area contributed by atoms with Crippen LogP contribution in [-0.4, -0.2) is 42.8 Å². The molecule has 4 rings (SSSR count). The molecule has 0 saturated heterocycles. The molecule has 0 unspecified atom stereocenters. The molecule has 0 fully saturated rings. The van der Waals surface area contributed by atoms with E-state index in [2.05, 4.69) is 27.1 Å². The van der Waals surface area contributed by atoms with Crippen LogP contribution in [0.4, 0.5) is 11.4 Å². The number of para-hydroxylation sites is 1. The summed E-state index contributed by atoms with van der Waals surface area (Å²) in [6.07, 6.45) is 2.82. The van der Waals surface area contributed by atoms with Gasteiger partial charge < -0.3 is 10.2 Å². The van der Waals surface area contributed by atoms with Gasteiger partial charge in [0, 0.05) is 47.8 Å². The van der Waals surface area contributed by atoms with Crippen LogP contribution in [0.2, 0.25) is 10.0 Å². The molecule has 10 nitrogen and oxygen atoms in total. The zero-order valence-corrected chi connectivity index (χ0v) is 26.0. The maximum absolute atomic E-state index is 13.6. The number of amides is 1. The van der Waals surface area contributed by atoms with Crippen LogP contribution in [-0.2, 0) is 20.0 Å². The highest BCUT2D eigenvalue weighted by molar-refractivity contribution is 7.95. The van der Waals surface area contributed by atoms with E-state index in [4.69, 9.17) is 23.2 Å². The van der Waals surface area contributed by atoms with Gasteiger partial charge >= 0.3 is 0 Å². The van der Waals surface area contributed by atoms with Gasteiger partial charge in [-0.3, -0.25) is 9.36 Å². The van der Waals surface area contributed by atoms with Crippen molar-refractivity contribution >= 4 is 79.1 Å². The quantitative estimate of drug-likeness (QED) is 0.120. The monoisotopic (exact) mass is 663 g/mol. The maximum atomic E-state index is 13.6. The standard InChI is InChI=1S/C27H23Cl2N5O5S3/c1-33(2)20-12-14-34(15-13-20)27(31-41(36,37)21-10-8-18(28)9-11-21)32-42(38,39)25-16-22(23(29)17-24(25)40)26(35)30-19-6-4-3-5-7-19/h3-17H,1-2H3,(H2-,30,31,32,35,40). The van der Waals surface area contributed by atoms with Crippen LogP contribution >= 0.6 is 35.8 Å². The number of benzene rings is 3. The van der Waals surface area contributed by atoms with Crippen LogP contribution in [0.5, 0.6) is 0 Å². The molecule has 0 atom stereocenters. The lowest BCUT2D eigenvalue weighted by Gasteiger charge is -2.15. The first-order valence-electron chi connectivity index (χ1n) is 11.9. The van der Waals surface area contributed by atoms with Crippen molar-refractivity contribution in [2.24, 2.45) is 4.40 Å². The lowest BCUT2D eigenvalue weighted by Crippen LogP contribution is -2.43. The average Bonchev–Trinajstić information content (AvgIpc) is 2.93. The molecule has 0 aliphatic carbocycles. The van der Waals surface area contributed by atoms with Crippen LogP contribution in [0.3, 0.4) is 0 Å². The summed E-state index contributed by atoms with van der Waals surface area (Å²) < 4.78 is 62.2. The molecular formula is C27H23Cl2N5O5S3. The maximum Gasteiger partial charge on any atom is 0.286 e. The Bertz CT molecular complexity index is 1870. The van der Waals surface area contributed by atoms with E-state index < -0.39 is 36.8 Å². The zero-order valence-electron chi connectivity index (χ0n) is 22.0. The van der Waals surface area contributed by atoms with Crippen molar-refractivity contribution in [3.05, 3.63) is 112 Å². The first-order valence-corrected chi connectivity index (χ1v) is 16.0. The number of hydrogen-bond donors (Lipinski definition) is 2. The van der Waals surface area contributed by atoms with Crippen molar-refractivity contribution in [2.45, 2.75) is 14.7 Å². The lowest BCUT2D eigenvalue weighted by atomic mass is 10.2. The van der Waals surface area contributed by atoms with Crippen molar-refractivity contribution in [3.8, 4) is 0 Å². The Morgan fingerprint density at radius 3 is 2.14 bits per heavy atom. The summed E-state index contributed by atoms with van der Waals surface area (Å²) in [5.74, 6) is -1.36. The predicted octanol–water partition coefficient (Wildman–Crippen LogP) is 5.24. The molecule has 4 aromatic rings. The molecule has 1 amide bonds. The van der Waals surface area contributed by atoms with E-state index in [9.17, 15) is 21.6 Å². The number of nitrogens with one attached hydrogen (secondary N) is 1. The third-order valence-corrected chi connectivity index (χ3v) is 9.33. The number of carbonyl (C=O) groups is 1. The van der Waals surface area contributed by atoms with E-state index >= 15 is 0 Å². The normalized spacial score (nSPS) is 12.1. The van der Waals surface area contributed by atoms with E-state index in [1.54, 1.807) is 61.5 Å². The molecule has 1 N–H and O–H groups in total. The van der Waals surface area contributed by atoms with E-state index in [0.29, 0.717) is 10.7 Å². The number of sulfonamides is 2. The molecular weight excluding hydrogens is 641 g/mol. The number of thiol groups is 1. The summed E-state index contributed by atoms with van der Waals surface area (Å²) in [5, 5.41) is 2.88. The summed E-state index contributed by atoms with van der Waals surface area (Å²) in [6, 6.07) is 19.1. The van der Waals surface area contributed by atoms with Gasteiger partial charge in [0.2, 0.25) is 0 Å². The highest BCUT2D eigenvalue weighted by Gasteiger charge is 2.26. The van der Waals surface area contributed by atoms with Crippen LogP contribution in [0, 0.1) is 0 Å². The number of nitrogens with zero attached hydrogens (tertiary/aromatic N) is 4. The Hall–Kier alpha value is -3.62. The third-order valence-electron chi connectivity index (χ3n) is 5.68. The first kappa shape index (κ1) is 31.3. The SMILES string of the molecule is CN(C)c1cc[n+](/C(=N/S(=O)(=O)c2cc(C(=O)Nc3ccccc3)c(Cl)cc2S)[N-]S(=O)(=O)c2ccc(Cl)cc2)cc1. The van der Waals surface area contributed by atoms with Gasteiger partial charge in [-0.15, -0.1) is 21.7 Å². The summed E-state index contributed by atoms with van der Waals surface area (Å²) in [6.45, 7) is 0. The van der Waals surface area contributed by atoms with E-state index in [1.165, 1.54) is 42.7 Å². The number of hydrogen-bond acceptors (Lipinski definition) is 7. The minimum absolute atomic E-state index is 0.0553. The Morgan fingerprint density at radius 2 is 1.55 bits per heavy atom. The highest BCUT2D eigenvalue weighted by Crippen LogP contribution is 2.30. The largest absolute Gasteiger partial charge is 0.378 e. The van der Waals surface area contributed by atoms with E-state index in [1.807, 2.05) is 0 Å². The smallest absolute Gasteiger partial charge is 0.286 e. The number of rotatable bonds is 7. The number of pyridine rings is 1. The van der Waals surface area contributed by atoms with Gasteiger partial charge in [-0.1, -0.05) is 41.4 Å². The second kappa shape index (κ2) is 12.7. The molecule has 3 aromatic carbocycles. The van der Waals surface area contributed by atoms with Crippen molar-refractivity contribution < 1.29 is 26.2 Å². The summed E-state index contributed by atoms with van der Waals surface area (Å²) in [7, 11) is -5.55. The predicted molar refractivity (Wildman–Crippen MR) is 166 cm³/mol. The lowest BCUT2D eigenvalue weighted by molar-refractivity contribution is -0.553. The van der Waals surface area contributed by atoms with Crippen molar-refractivity contribution in [1.29, 1.82) is 0 Å². The van der Waals surface area contributed by atoms with Crippen LogP contribution in [0.15, 0.2) is 110 Å². The van der Waals surface area contributed by atoms with Gasteiger partial charge in [-0.05, 0) is 60.7 Å². The minimum Gasteiger partial charge on any atom is -0.378 e. The Kier molecular flexibility index (Phi) is 9.48. The van der Waals surface area contributed by atoms with Gasteiger partial charge in [-0.2, -0.15) is 16.8 Å².